The number of aryl methyl sites for hydroxylation is 2. The Bertz CT molecular complexity index is 1430. The van der Waals surface area contributed by atoms with E-state index in [0.29, 0.717) is 10.7 Å². The Hall–Kier alpha value is -4.37. The van der Waals surface area contributed by atoms with Crippen LogP contribution in [0.2, 0.25) is 5.02 Å². The molecular weight excluding hydrogens is 558 g/mol. The molecule has 0 radical (unpaired) electrons. The number of nitrogens with zero attached hydrogens (tertiary/aromatic N) is 1. The first-order valence-electron chi connectivity index (χ1n) is 13.4. The zero-order valence-electron chi connectivity index (χ0n) is 24.6. The molecule has 0 aromatic heterocycles. The molecule has 3 rings (SSSR count). The number of hydrogen-bond acceptors (Lipinski definition) is 6. The number of esters is 1. The van der Waals surface area contributed by atoms with Crippen LogP contribution >= 0.6 is 11.6 Å². The van der Waals surface area contributed by atoms with Gasteiger partial charge in [-0.3, -0.25) is 5.32 Å². The summed E-state index contributed by atoms with van der Waals surface area (Å²) in [6.45, 7) is 10.2. The summed E-state index contributed by atoms with van der Waals surface area (Å²) in [5, 5.41) is 5.58. The van der Waals surface area contributed by atoms with Crippen LogP contribution in [-0.4, -0.2) is 35.3 Å². The molecule has 3 aromatic rings. The minimum Gasteiger partial charge on any atom is -0.444 e. The van der Waals surface area contributed by atoms with Gasteiger partial charge in [-0.05, 0) is 102 Å². The molecule has 0 bridgehead atoms. The minimum absolute atomic E-state index is 0.215. The Morgan fingerprint density at radius 2 is 1.40 bits per heavy atom. The van der Waals surface area contributed by atoms with E-state index in [0.717, 1.165) is 18.4 Å². The van der Waals surface area contributed by atoms with Crippen LogP contribution in [0.15, 0.2) is 77.8 Å². The van der Waals surface area contributed by atoms with Crippen molar-refractivity contribution in [2.24, 2.45) is 4.99 Å². The fraction of sp³-hybridized carbons (Fsp3) is 0.312. The molecule has 0 aliphatic rings. The van der Waals surface area contributed by atoms with Gasteiger partial charge in [-0.2, -0.15) is 0 Å². The number of ether oxygens (including phenoxy) is 3. The molecule has 0 aliphatic carbocycles. The highest BCUT2D eigenvalue weighted by atomic mass is 35.5. The van der Waals surface area contributed by atoms with Gasteiger partial charge >= 0.3 is 18.2 Å². The van der Waals surface area contributed by atoms with Gasteiger partial charge in [-0.25, -0.2) is 14.4 Å². The number of benzene rings is 3. The van der Waals surface area contributed by atoms with Gasteiger partial charge in [-0.1, -0.05) is 48.0 Å². The summed E-state index contributed by atoms with van der Waals surface area (Å²) in [6.07, 6.45) is -0.0625. The summed E-state index contributed by atoms with van der Waals surface area (Å²) >= 11 is 6.41. The van der Waals surface area contributed by atoms with Gasteiger partial charge in [0.25, 0.3) is 0 Å². The van der Waals surface area contributed by atoms with E-state index < -0.39 is 29.4 Å². The van der Waals surface area contributed by atoms with Crippen LogP contribution in [0.5, 0.6) is 5.75 Å². The second-order valence-corrected chi connectivity index (χ2v) is 11.8. The summed E-state index contributed by atoms with van der Waals surface area (Å²) in [5.41, 5.74) is 1.38. The summed E-state index contributed by atoms with van der Waals surface area (Å²) in [7, 11) is 0. The number of amides is 2. The smallest absolute Gasteiger partial charge is 0.437 e. The number of guanidine groups is 1. The van der Waals surface area contributed by atoms with Crippen LogP contribution in [-0.2, 0) is 22.3 Å². The topological polar surface area (TPSA) is 115 Å². The van der Waals surface area contributed by atoms with E-state index in [2.05, 4.69) is 27.8 Å². The van der Waals surface area contributed by atoms with Crippen LogP contribution in [0, 0.1) is 0 Å². The average Bonchev–Trinajstić information content (AvgIpc) is 2.87. The van der Waals surface area contributed by atoms with Gasteiger partial charge in [-0.15, -0.1) is 4.99 Å². The van der Waals surface area contributed by atoms with E-state index >= 15 is 0 Å². The maximum absolute atomic E-state index is 12.8. The van der Waals surface area contributed by atoms with E-state index in [-0.39, 0.29) is 17.3 Å². The lowest BCUT2D eigenvalue weighted by Gasteiger charge is -2.21. The van der Waals surface area contributed by atoms with Gasteiger partial charge in [0.2, 0.25) is 5.96 Å². The number of rotatable bonds is 6. The Kier molecular flexibility index (Phi) is 10.7. The highest BCUT2D eigenvalue weighted by molar-refractivity contribution is 6.32. The average molecular weight is 594 g/mol. The fourth-order valence-corrected chi connectivity index (χ4v) is 3.81. The molecular formula is C32H36ClN3O6. The van der Waals surface area contributed by atoms with E-state index in [1.807, 2.05) is 24.3 Å². The van der Waals surface area contributed by atoms with Crippen LogP contribution in [0.4, 0.5) is 15.3 Å². The van der Waals surface area contributed by atoms with Crippen molar-refractivity contribution in [3.05, 3.63) is 94.5 Å². The van der Waals surface area contributed by atoms with Crippen molar-refractivity contribution in [3.63, 3.8) is 0 Å². The van der Waals surface area contributed by atoms with Crippen molar-refractivity contribution in [2.45, 2.75) is 65.6 Å². The first-order chi connectivity index (χ1) is 19.7. The zero-order chi connectivity index (χ0) is 30.9. The number of halogens is 1. The molecule has 3 aromatic carbocycles. The lowest BCUT2D eigenvalue weighted by atomic mass is 10.0. The Labute approximate surface area is 251 Å². The molecule has 222 valence electrons. The lowest BCUT2D eigenvalue weighted by Crippen LogP contribution is -2.40. The second-order valence-electron chi connectivity index (χ2n) is 11.4. The van der Waals surface area contributed by atoms with E-state index in [4.69, 9.17) is 25.8 Å². The highest BCUT2D eigenvalue weighted by Gasteiger charge is 2.21. The molecule has 0 aliphatic heterocycles. The Morgan fingerprint density at radius 3 is 2.00 bits per heavy atom. The highest BCUT2D eigenvalue weighted by Crippen LogP contribution is 2.27. The standard InChI is InChI=1S/C32H36ClN3O6/c1-31(2,3)41-29(38)35-28(36-30(39)42-32(4,5)6)34-24-17-15-23(16-18-24)27(37)40-26-19-14-22(20-25(26)33)13-12-21-10-8-7-9-11-21/h7-11,14-20H,12-13H2,1-6H3,(H2,34,35,36,38,39). The quantitative estimate of drug-likeness (QED) is 0.131. The molecule has 0 heterocycles. The van der Waals surface area contributed by atoms with Crippen LogP contribution in [0.3, 0.4) is 0 Å². The lowest BCUT2D eigenvalue weighted by molar-refractivity contribution is 0.0561. The maximum Gasteiger partial charge on any atom is 0.437 e. The number of alkyl carbamates (subject to hydrolysis) is 1. The number of carbonyl (C=O) groups is 3. The van der Waals surface area contributed by atoms with E-state index in [1.54, 1.807) is 65.8 Å². The van der Waals surface area contributed by atoms with E-state index in [9.17, 15) is 14.4 Å². The SMILES string of the molecule is CC(C)(C)OC(=O)/N=C(/NC(=O)OC(C)(C)C)Nc1ccc(C(=O)Oc2ccc(CCc3ccccc3)cc2Cl)cc1. The normalized spacial score (nSPS) is 11.8. The second kappa shape index (κ2) is 14.0. The number of carbonyl (C=O) groups excluding carboxylic acids is 3. The predicted molar refractivity (Wildman–Crippen MR) is 163 cm³/mol. The third-order valence-electron chi connectivity index (χ3n) is 5.34. The van der Waals surface area contributed by atoms with Crippen molar-refractivity contribution in [1.82, 2.24) is 5.32 Å². The molecule has 0 atom stereocenters. The van der Waals surface area contributed by atoms with Gasteiger partial charge < -0.3 is 19.5 Å². The van der Waals surface area contributed by atoms with Gasteiger partial charge in [0.15, 0.2) is 0 Å². The summed E-state index contributed by atoms with van der Waals surface area (Å²) in [5.74, 6) is -0.566. The summed E-state index contributed by atoms with van der Waals surface area (Å²) < 4.78 is 16.0. The molecule has 0 unspecified atom stereocenters. The third kappa shape index (κ3) is 11.2. The van der Waals surface area contributed by atoms with Gasteiger partial charge in [0, 0.05) is 5.69 Å². The number of hydrogen-bond donors (Lipinski definition) is 2. The van der Waals surface area contributed by atoms with Gasteiger partial charge in [0.1, 0.15) is 17.0 Å². The van der Waals surface area contributed by atoms with Gasteiger partial charge in [0.05, 0.1) is 10.6 Å². The van der Waals surface area contributed by atoms with Crippen molar-refractivity contribution in [1.29, 1.82) is 0 Å². The van der Waals surface area contributed by atoms with E-state index in [1.165, 1.54) is 17.7 Å². The predicted octanol–water partition coefficient (Wildman–Crippen LogP) is 7.57. The maximum atomic E-state index is 12.8. The zero-order valence-corrected chi connectivity index (χ0v) is 25.4. The molecule has 0 spiro atoms. The summed E-state index contributed by atoms with van der Waals surface area (Å²) in [4.78, 5) is 41.2. The van der Waals surface area contributed by atoms with Crippen LogP contribution < -0.4 is 15.4 Å². The van der Waals surface area contributed by atoms with Crippen molar-refractivity contribution in [2.75, 3.05) is 5.32 Å². The summed E-state index contributed by atoms with van der Waals surface area (Å²) in [6, 6.07) is 21.7. The number of aliphatic imine (C=N–C) groups is 1. The van der Waals surface area contributed by atoms with Crippen molar-refractivity contribution >= 4 is 41.4 Å². The minimum atomic E-state index is -0.913. The first-order valence-corrected chi connectivity index (χ1v) is 13.8. The monoisotopic (exact) mass is 593 g/mol. The third-order valence-corrected chi connectivity index (χ3v) is 5.64. The molecule has 0 saturated heterocycles. The Morgan fingerprint density at radius 1 is 0.786 bits per heavy atom. The fourth-order valence-electron chi connectivity index (χ4n) is 3.56. The molecule has 10 heteroatoms. The molecule has 2 N–H and O–H groups in total. The molecule has 0 fully saturated rings. The number of anilines is 1. The first kappa shape index (κ1) is 32.1. The van der Waals surface area contributed by atoms with Crippen LogP contribution in [0.25, 0.3) is 0 Å². The largest absolute Gasteiger partial charge is 0.444 e. The van der Waals surface area contributed by atoms with Crippen LogP contribution in [0.1, 0.15) is 63.0 Å². The number of nitrogens with one attached hydrogen (secondary N) is 2. The molecule has 9 nitrogen and oxygen atoms in total. The van der Waals surface area contributed by atoms with Crippen molar-refractivity contribution in [3.8, 4) is 5.75 Å². The van der Waals surface area contributed by atoms with Crippen molar-refractivity contribution < 1.29 is 28.6 Å². The molecule has 42 heavy (non-hydrogen) atoms. The Balaban J connectivity index is 1.66. The molecule has 0 saturated carbocycles. The molecule has 2 amide bonds.